The molecule has 1 aromatic carbocycles. The Balaban J connectivity index is 0.000000406. The molecule has 1 aliphatic rings. The van der Waals surface area contributed by atoms with E-state index in [2.05, 4.69) is 36.5 Å². The number of nitrogens with zero attached hydrogens (tertiary/aromatic N) is 1. The number of hydrogen-bond donors (Lipinski definition) is 4. The van der Waals surface area contributed by atoms with Gasteiger partial charge >= 0.3 is 12.1 Å². The zero-order valence-corrected chi connectivity index (χ0v) is 19.0. The first kappa shape index (κ1) is 25.0. The number of carboxylic acids is 1. The second-order valence-electron chi connectivity index (χ2n) is 7.07. The number of fused-ring (bicyclic) bond motifs is 1. The number of carbonyl (C=O) groups excluding carboxylic acids is 2. The topological polar surface area (TPSA) is 124 Å². The van der Waals surface area contributed by atoms with Crippen molar-refractivity contribution < 1.29 is 32.7 Å². The summed E-state index contributed by atoms with van der Waals surface area (Å²) < 4.78 is 31.7. The van der Waals surface area contributed by atoms with E-state index < -0.39 is 12.1 Å². The molecule has 0 fully saturated rings. The molecule has 0 spiro atoms. The smallest absolute Gasteiger partial charge is 0.475 e. The molecule has 4 rings (SSSR count). The molecule has 12 heteroatoms. The number of hydrogen-bond acceptors (Lipinski definition) is 4. The third-order valence-corrected chi connectivity index (χ3v) is 5.21. The summed E-state index contributed by atoms with van der Waals surface area (Å²) in [6.07, 6.45) is -2.52. The van der Waals surface area contributed by atoms with Crippen molar-refractivity contribution in [1.82, 2.24) is 15.3 Å². The molecule has 3 aromatic rings. The summed E-state index contributed by atoms with van der Waals surface area (Å²) >= 11 is 3.13. The van der Waals surface area contributed by atoms with Crippen molar-refractivity contribution in [3.8, 4) is 22.5 Å². The Kier molecular flexibility index (Phi) is 7.72. The number of alkyl halides is 4. The molecule has 0 saturated heterocycles. The van der Waals surface area contributed by atoms with Gasteiger partial charge in [0, 0.05) is 47.4 Å². The normalized spacial score (nSPS) is 12.6. The molecular formula is C22H18BrF3N4O4. The number of rotatable bonds is 4. The van der Waals surface area contributed by atoms with E-state index in [9.17, 15) is 22.8 Å². The van der Waals surface area contributed by atoms with Crippen LogP contribution < -0.4 is 10.6 Å². The van der Waals surface area contributed by atoms with E-state index in [0.717, 1.165) is 40.3 Å². The van der Waals surface area contributed by atoms with Crippen LogP contribution in [0.15, 0.2) is 48.7 Å². The summed E-state index contributed by atoms with van der Waals surface area (Å²) in [6, 6.07) is 13.3. The first-order valence-corrected chi connectivity index (χ1v) is 10.9. The fourth-order valence-electron chi connectivity index (χ4n) is 3.12. The zero-order chi connectivity index (χ0) is 24.9. The molecule has 34 heavy (non-hydrogen) atoms. The molecule has 0 radical (unpaired) electrons. The van der Waals surface area contributed by atoms with Gasteiger partial charge in [-0.15, -0.1) is 0 Å². The minimum absolute atomic E-state index is 0.0332. The lowest BCUT2D eigenvalue weighted by atomic mass is 10.1. The molecule has 2 aromatic heterocycles. The number of carbonyl (C=O) groups is 3. The summed E-state index contributed by atoms with van der Waals surface area (Å²) in [5.74, 6) is -2.88. The number of benzene rings is 1. The van der Waals surface area contributed by atoms with E-state index in [1.54, 1.807) is 6.20 Å². The summed E-state index contributed by atoms with van der Waals surface area (Å²) in [6.45, 7) is 0.658. The third kappa shape index (κ3) is 6.22. The van der Waals surface area contributed by atoms with Gasteiger partial charge in [0.25, 0.3) is 5.91 Å². The van der Waals surface area contributed by atoms with E-state index in [1.807, 2.05) is 42.5 Å². The van der Waals surface area contributed by atoms with Crippen LogP contribution in [-0.4, -0.2) is 50.9 Å². The number of amides is 2. The summed E-state index contributed by atoms with van der Waals surface area (Å²) in [4.78, 5) is 40.1. The molecule has 0 atom stereocenters. The van der Waals surface area contributed by atoms with Crippen LogP contribution >= 0.6 is 15.9 Å². The Morgan fingerprint density at radius 1 is 1.12 bits per heavy atom. The van der Waals surface area contributed by atoms with E-state index in [-0.39, 0.29) is 17.1 Å². The third-order valence-electron chi connectivity index (χ3n) is 4.70. The van der Waals surface area contributed by atoms with Crippen LogP contribution in [0, 0.1) is 0 Å². The van der Waals surface area contributed by atoms with Crippen LogP contribution in [0.2, 0.25) is 0 Å². The van der Waals surface area contributed by atoms with Crippen molar-refractivity contribution in [3.63, 3.8) is 0 Å². The number of nitrogens with one attached hydrogen (secondary N) is 3. The van der Waals surface area contributed by atoms with E-state index >= 15 is 0 Å². The van der Waals surface area contributed by atoms with Crippen molar-refractivity contribution >= 4 is 39.4 Å². The van der Waals surface area contributed by atoms with Gasteiger partial charge in [-0.1, -0.05) is 28.1 Å². The Labute approximate surface area is 199 Å². The van der Waals surface area contributed by atoms with Gasteiger partial charge in [0.15, 0.2) is 0 Å². The number of aromatic nitrogens is 2. The second kappa shape index (κ2) is 10.5. The summed E-state index contributed by atoms with van der Waals surface area (Å²) in [5, 5.41) is 13.0. The first-order valence-electron chi connectivity index (χ1n) is 9.81. The number of carboxylic acid groups (broad SMARTS) is 1. The quantitative estimate of drug-likeness (QED) is 0.374. The van der Waals surface area contributed by atoms with Crippen LogP contribution in [0.4, 0.5) is 18.9 Å². The second-order valence-corrected chi connectivity index (χ2v) is 7.63. The minimum Gasteiger partial charge on any atom is -0.475 e. The van der Waals surface area contributed by atoms with E-state index in [1.165, 1.54) is 0 Å². The number of aromatic amines is 1. The van der Waals surface area contributed by atoms with Crippen molar-refractivity contribution in [2.45, 2.75) is 12.6 Å². The maximum Gasteiger partial charge on any atom is 0.490 e. The van der Waals surface area contributed by atoms with Crippen molar-refractivity contribution in [1.29, 1.82) is 0 Å². The largest absolute Gasteiger partial charge is 0.490 e. The molecule has 4 N–H and O–H groups in total. The highest BCUT2D eigenvalue weighted by Gasteiger charge is 2.38. The summed E-state index contributed by atoms with van der Waals surface area (Å²) in [7, 11) is 0. The van der Waals surface area contributed by atoms with Gasteiger partial charge in [0.1, 0.15) is 0 Å². The molecule has 0 saturated carbocycles. The molecule has 0 aliphatic carbocycles. The number of anilines is 1. The van der Waals surface area contributed by atoms with E-state index in [4.69, 9.17) is 9.90 Å². The monoisotopic (exact) mass is 538 g/mol. The lowest BCUT2D eigenvalue weighted by Crippen LogP contribution is -2.31. The van der Waals surface area contributed by atoms with Crippen molar-refractivity contribution in [2.24, 2.45) is 0 Å². The fourth-order valence-corrected chi connectivity index (χ4v) is 3.26. The van der Waals surface area contributed by atoms with Crippen LogP contribution in [0.3, 0.4) is 0 Å². The average molecular weight is 539 g/mol. The number of halogens is 4. The highest BCUT2D eigenvalue weighted by atomic mass is 79.9. The molecule has 178 valence electrons. The van der Waals surface area contributed by atoms with Gasteiger partial charge in [0.2, 0.25) is 5.91 Å². The Morgan fingerprint density at radius 2 is 1.79 bits per heavy atom. The maximum absolute atomic E-state index is 12.0. The lowest BCUT2D eigenvalue weighted by Gasteiger charge is -2.11. The molecule has 8 nitrogen and oxygen atoms in total. The summed E-state index contributed by atoms with van der Waals surface area (Å²) in [5.41, 5.74) is 6.06. The molecule has 3 heterocycles. The molecule has 0 unspecified atom stereocenters. The number of H-pyrrole nitrogens is 1. The fraction of sp³-hybridized carbons (Fsp3) is 0.182. The standard InChI is InChI=1S/C20H17BrN4O2.C2HF3O2/c21-11-19(26)24-14-3-1-12(2-4-14)17-9-13(5-7-22-17)18-10-15-16(25-18)6-8-23-20(15)27;3-2(4,5)1(6)7/h1-5,7,9-10,25H,6,8,11H2,(H,23,27)(H,24,26);(H,6,7). The van der Waals surface area contributed by atoms with Crippen molar-refractivity contribution in [3.05, 3.63) is 59.9 Å². The lowest BCUT2D eigenvalue weighted by molar-refractivity contribution is -0.192. The van der Waals surface area contributed by atoms with Gasteiger partial charge in [0.05, 0.1) is 16.6 Å². The highest BCUT2D eigenvalue weighted by Crippen LogP contribution is 2.27. The Hall–Kier alpha value is -3.67. The number of aliphatic carboxylic acids is 1. The SMILES string of the molecule is O=C(CBr)Nc1ccc(-c2cc(-c3cc4c([nH]3)CCNC4=O)ccn2)cc1.O=C(O)C(F)(F)F. The van der Waals surface area contributed by atoms with Crippen molar-refractivity contribution in [2.75, 3.05) is 17.2 Å². The number of pyridine rings is 1. The van der Waals surface area contributed by atoms with Gasteiger partial charge in [-0.2, -0.15) is 13.2 Å². The van der Waals surface area contributed by atoms with Crippen LogP contribution in [0.5, 0.6) is 0 Å². The van der Waals surface area contributed by atoms with Crippen LogP contribution in [-0.2, 0) is 16.0 Å². The minimum atomic E-state index is -5.08. The van der Waals surface area contributed by atoms with Gasteiger partial charge in [-0.05, 0) is 30.3 Å². The average Bonchev–Trinajstić information content (AvgIpc) is 3.25. The zero-order valence-electron chi connectivity index (χ0n) is 17.4. The first-order chi connectivity index (χ1) is 16.1. The van der Waals surface area contributed by atoms with E-state index in [0.29, 0.717) is 12.1 Å². The van der Waals surface area contributed by atoms with Gasteiger partial charge in [-0.3, -0.25) is 14.6 Å². The predicted molar refractivity (Wildman–Crippen MR) is 122 cm³/mol. The van der Waals surface area contributed by atoms with Gasteiger partial charge in [-0.25, -0.2) is 4.79 Å². The van der Waals surface area contributed by atoms with Gasteiger partial charge < -0.3 is 20.7 Å². The highest BCUT2D eigenvalue weighted by molar-refractivity contribution is 9.09. The molecular weight excluding hydrogens is 521 g/mol. The maximum atomic E-state index is 12.0. The Bertz CT molecular complexity index is 1210. The Morgan fingerprint density at radius 3 is 2.38 bits per heavy atom. The molecule has 2 amide bonds. The molecule has 1 aliphatic heterocycles. The van der Waals surface area contributed by atoms with Crippen LogP contribution in [0.1, 0.15) is 16.1 Å². The molecule has 0 bridgehead atoms. The predicted octanol–water partition coefficient (Wildman–Crippen LogP) is 4.00. The van der Waals surface area contributed by atoms with Crippen LogP contribution in [0.25, 0.3) is 22.5 Å².